The number of hydrogen-bond acceptors (Lipinski definition) is 7. The molecule has 3 aromatic rings. The first-order valence-electron chi connectivity index (χ1n) is 12.3. The van der Waals surface area contributed by atoms with E-state index in [9.17, 15) is 31.2 Å². The van der Waals surface area contributed by atoms with Gasteiger partial charge in [-0.15, -0.1) is 0 Å². The second kappa shape index (κ2) is 11.7. The van der Waals surface area contributed by atoms with Crippen molar-refractivity contribution in [3.63, 3.8) is 0 Å². The van der Waals surface area contributed by atoms with Crippen LogP contribution in [0.3, 0.4) is 0 Å². The van der Waals surface area contributed by atoms with Crippen molar-refractivity contribution < 1.29 is 35.9 Å². The predicted molar refractivity (Wildman–Crippen MR) is 147 cm³/mol. The lowest BCUT2D eigenvalue weighted by Crippen LogP contribution is -2.48. The van der Waals surface area contributed by atoms with Crippen LogP contribution in [0.4, 0.5) is 18.0 Å². The Bertz CT molecular complexity index is 1640. The lowest BCUT2D eigenvalue weighted by molar-refractivity contribution is -0.138. The smallest absolute Gasteiger partial charge is 0.379 e. The van der Waals surface area contributed by atoms with E-state index in [1.165, 1.54) is 33.4 Å². The molecule has 3 heterocycles. The Morgan fingerprint density at radius 3 is 2.61 bits per heavy atom. The molecule has 2 fully saturated rings. The van der Waals surface area contributed by atoms with Gasteiger partial charge in [-0.25, -0.2) is 4.72 Å². The van der Waals surface area contributed by atoms with Crippen LogP contribution in [0.25, 0.3) is 17.0 Å². The molecule has 2 saturated heterocycles. The number of hydrogen-bond donors (Lipinski definition) is 1. The van der Waals surface area contributed by atoms with E-state index in [2.05, 4.69) is 9.82 Å². The van der Waals surface area contributed by atoms with Crippen LogP contribution in [-0.2, 0) is 32.5 Å². The maximum absolute atomic E-state index is 13.5. The first kappa shape index (κ1) is 29.5. The summed E-state index contributed by atoms with van der Waals surface area (Å²) in [6.45, 7) is 0.619. The molecule has 2 aliphatic heterocycles. The maximum Gasteiger partial charge on any atom is 0.416 e. The van der Waals surface area contributed by atoms with Crippen LogP contribution in [0.15, 0.2) is 47.5 Å². The van der Waals surface area contributed by atoms with Crippen molar-refractivity contribution in [2.45, 2.75) is 12.7 Å². The minimum Gasteiger partial charge on any atom is -0.379 e. The monoisotopic (exact) mass is 629 g/mol. The Labute approximate surface area is 242 Å². The summed E-state index contributed by atoms with van der Waals surface area (Å²) < 4.78 is 75.6. The minimum absolute atomic E-state index is 0.0110. The predicted octanol–water partition coefficient (Wildman–Crippen LogP) is 3.96. The van der Waals surface area contributed by atoms with E-state index in [1.807, 2.05) is 0 Å². The Hall–Kier alpha value is -2.95. The summed E-state index contributed by atoms with van der Waals surface area (Å²) >= 11 is 6.51. The fraction of sp³-hybridized carbons (Fsp3) is 0.320. The molecule has 0 radical (unpaired) electrons. The zero-order valence-electron chi connectivity index (χ0n) is 21.2. The van der Waals surface area contributed by atoms with Crippen LogP contribution in [0.5, 0.6) is 0 Å². The number of benzene rings is 2. The number of nitrogens with zero attached hydrogens (tertiary/aromatic N) is 4. The normalized spacial score (nSPS) is 18.2. The number of amides is 2. The molecule has 0 atom stereocenters. The minimum atomic E-state index is -4.58. The molecule has 10 nitrogen and oxygen atoms in total. The number of alkyl halides is 3. The number of rotatable bonds is 8. The lowest BCUT2D eigenvalue weighted by atomic mass is 10.1. The highest BCUT2D eigenvalue weighted by Gasteiger charge is 2.36. The molecule has 41 heavy (non-hydrogen) atoms. The summed E-state index contributed by atoms with van der Waals surface area (Å²) in [6, 6.07) is 8.63. The van der Waals surface area contributed by atoms with Gasteiger partial charge in [-0.1, -0.05) is 23.7 Å². The third kappa shape index (κ3) is 6.60. The second-order valence-electron chi connectivity index (χ2n) is 9.16. The molecule has 5 rings (SSSR count). The molecule has 1 aromatic heterocycles. The molecule has 0 spiro atoms. The molecule has 0 aliphatic carbocycles. The van der Waals surface area contributed by atoms with Crippen molar-refractivity contribution in [1.29, 1.82) is 0 Å². The largest absolute Gasteiger partial charge is 0.416 e. The van der Waals surface area contributed by atoms with E-state index in [-0.39, 0.29) is 48.2 Å². The third-order valence-electron chi connectivity index (χ3n) is 6.46. The van der Waals surface area contributed by atoms with E-state index in [0.717, 1.165) is 22.7 Å². The molecule has 0 unspecified atom stereocenters. The van der Waals surface area contributed by atoms with Gasteiger partial charge in [0.05, 0.1) is 41.9 Å². The first-order chi connectivity index (χ1) is 19.4. The van der Waals surface area contributed by atoms with Gasteiger partial charge in [0, 0.05) is 36.6 Å². The third-order valence-corrected chi connectivity index (χ3v) is 9.22. The Kier molecular flexibility index (Phi) is 8.46. The number of thioether (sulfide) groups is 1. The van der Waals surface area contributed by atoms with Crippen LogP contribution in [0.1, 0.15) is 16.7 Å². The number of imide groups is 1. The van der Waals surface area contributed by atoms with Gasteiger partial charge >= 0.3 is 6.18 Å². The second-order valence-corrected chi connectivity index (χ2v) is 12.3. The fourth-order valence-corrected chi connectivity index (χ4v) is 6.64. The van der Waals surface area contributed by atoms with Crippen molar-refractivity contribution in [2.75, 3.05) is 39.4 Å². The lowest BCUT2D eigenvalue weighted by Gasteiger charge is -2.26. The number of fused-ring (bicyclic) bond motifs is 1. The molecule has 2 aliphatic rings. The van der Waals surface area contributed by atoms with Crippen LogP contribution in [-0.4, -0.2) is 77.9 Å². The van der Waals surface area contributed by atoms with Crippen molar-refractivity contribution in [3.05, 3.63) is 69.2 Å². The zero-order chi connectivity index (χ0) is 29.4. The molecular formula is C25H23ClF3N5O5S2. The van der Waals surface area contributed by atoms with E-state index in [4.69, 9.17) is 16.3 Å². The van der Waals surface area contributed by atoms with E-state index in [0.29, 0.717) is 29.7 Å². The summed E-state index contributed by atoms with van der Waals surface area (Å²) in [5, 5.41) is 4.31. The van der Waals surface area contributed by atoms with Crippen LogP contribution in [0.2, 0.25) is 5.02 Å². The maximum atomic E-state index is 13.5. The number of morpholine rings is 1. The van der Waals surface area contributed by atoms with Gasteiger partial charge in [0.1, 0.15) is 0 Å². The average molecular weight is 630 g/mol. The van der Waals surface area contributed by atoms with Gasteiger partial charge in [-0.3, -0.25) is 19.2 Å². The summed E-state index contributed by atoms with van der Waals surface area (Å²) in [5.74, 6) is -0.552. The molecular weight excluding hydrogens is 607 g/mol. The number of aromatic nitrogens is 2. The van der Waals surface area contributed by atoms with Gasteiger partial charge < -0.3 is 4.74 Å². The molecule has 1 N–H and O–H groups in total. The molecule has 2 aromatic carbocycles. The summed E-state index contributed by atoms with van der Waals surface area (Å²) in [6.07, 6.45) is -1.55. The van der Waals surface area contributed by atoms with Crippen LogP contribution >= 0.6 is 23.4 Å². The van der Waals surface area contributed by atoms with Gasteiger partial charge in [-0.2, -0.15) is 31.0 Å². The van der Waals surface area contributed by atoms with Gasteiger partial charge in [-0.05, 0) is 53.2 Å². The summed E-state index contributed by atoms with van der Waals surface area (Å²) in [5.41, 5.74) is 0.329. The summed E-state index contributed by atoms with van der Waals surface area (Å²) in [7, 11) is -3.76. The average Bonchev–Trinajstić information content (AvgIpc) is 3.44. The zero-order valence-corrected chi connectivity index (χ0v) is 23.6. The van der Waals surface area contributed by atoms with Gasteiger partial charge in [0.2, 0.25) is 0 Å². The molecule has 0 saturated carbocycles. The van der Waals surface area contributed by atoms with Crippen molar-refractivity contribution in [2.24, 2.45) is 0 Å². The molecule has 16 heteroatoms. The van der Waals surface area contributed by atoms with E-state index < -0.39 is 33.1 Å². The van der Waals surface area contributed by atoms with Gasteiger partial charge in [0.25, 0.3) is 21.4 Å². The Morgan fingerprint density at radius 2 is 1.88 bits per heavy atom. The van der Waals surface area contributed by atoms with Crippen molar-refractivity contribution >= 4 is 61.7 Å². The number of halogens is 4. The molecule has 2 amide bonds. The molecule has 218 valence electrons. The topological polar surface area (TPSA) is 114 Å². The molecule has 0 bridgehead atoms. The highest BCUT2D eigenvalue weighted by Crippen LogP contribution is 2.35. The van der Waals surface area contributed by atoms with Crippen LogP contribution in [0, 0.1) is 0 Å². The standard InChI is InChI=1S/C25H23ClF3N5O5S2/c26-19-3-2-17(20(13-19)25(27,28)29)15-34-21-4-1-16(11-18(21)14-30-34)12-22-23(35)33(24(36)40-22)6-5-31-41(37,38)32-7-9-39-10-8-32/h1-4,11-14,31H,5-10,15H2. The van der Waals surface area contributed by atoms with Gasteiger partial charge in [0.15, 0.2) is 0 Å². The SMILES string of the molecule is O=C1SC(=Cc2ccc3c(cnn3Cc3ccc(Cl)cc3C(F)(F)F)c2)C(=O)N1CCNS(=O)(=O)N1CCOCC1. The summed E-state index contributed by atoms with van der Waals surface area (Å²) in [4.78, 5) is 26.5. The van der Waals surface area contributed by atoms with Crippen molar-refractivity contribution in [3.8, 4) is 0 Å². The number of carbonyl (C=O) groups is 2. The first-order valence-corrected chi connectivity index (χ1v) is 14.9. The van der Waals surface area contributed by atoms with E-state index >= 15 is 0 Å². The Morgan fingerprint density at radius 1 is 1.12 bits per heavy atom. The van der Waals surface area contributed by atoms with E-state index in [1.54, 1.807) is 18.2 Å². The fourth-order valence-electron chi connectivity index (χ4n) is 4.44. The number of nitrogens with one attached hydrogen (secondary N) is 1. The quantitative estimate of drug-likeness (QED) is 0.375. The highest BCUT2D eigenvalue weighted by atomic mass is 35.5. The highest BCUT2D eigenvalue weighted by molar-refractivity contribution is 8.18. The number of ether oxygens (including phenoxy) is 1. The Balaban J connectivity index is 1.27. The van der Waals surface area contributed by atoms with Crippen LogP contribution < -0.4 is 4.72 Å². The number of carbonyl (C=O) groups excluding carboxylic acids is 2. The van der Waals surface area contributed by atoms with Crippen molar-refractivity contribution in [1.82, 2.24) is 23.7 Å².